The van der Waals surface area contributed by atoms with Gasteiger partial charge in [-0.1, -0.05) is 84.5 Å². The first-order valence-electron chi connectivity index (χ1n) is 8.42. The zero-order valence-electron chi connectivity index (χ0n) is 12.9. The van der Waals surface area contributed by atoms with Gasteiger partial charge in [-0.2, -0.15) is 0 Å². The number of unbranched alkanes of at least 4 members (excludes halogenated alkanes) is 9. The molecular formula is C17H36O. The third-order valence-corrected chi connectivity index (χ3v) is 3.91. The molecular weight excluding hydrogens is 220 g/mol. The standard InChI is InChI=1S/C17H36O/c1-3-4-5-6-7-8-9-10-11-12-14-17(2)15-13-16-18/h17-18H,3-16H2,1-2H3/t17-/m1/s1. The van der Waals surface area contributed by atoms with Crippen LogP contribution in [0.4, 0.5) is 0 Å². The van der Waals surface area contributed by atoms with Gasteiger partial charge in [0.1, 0.15) is 0 Å². The number of aliphatic hydroxyl groups is 1. The molecule has 0 unspecified atom stereocenters. The van der Waals surface area contributed by atoms with Crippen LogP contribution in [0.1, 0.15) is 97.3 Å². The van der Waals surface area contributed by atoms with Gasteiger partial charge < -0.3 is 5.11 Å². The molecule has 0 aliphatic heterocycles. The number of hydrogen-bond acceptors (Lipinski definition) is 1. The Morgan fingerprint density at radius 1 is 0.667 bits per heavy atom. The van der Waals surface area contributed by atoms with E-state index >= 15 is 0 Å². The van der Waals surface area contributed by atoms with Crippen LogP contribution in [0, 0.1) is 5.92 Å². The fourth-order valence-electron chi connectivity index (χ4n) is 2.56. The molecule has 1 atom stereocenters. The largest absolute Gasteiger partial charge is 0.396 e. The molecule has 0 aliphatic rings. The normalized spacial score (nSPS) is 12.8. The predicted molar refractivity (Wildman–Crippen MR) is 81.9 cm³/mol. The summed E-state index contributed by atoms with van der Waals surface area (Å²) in [5, 5.41) is 8.76. The summed E-state index contributed by atoms with van der Waals surface area (Å²) >= 11 is 0. The van der Waals surface area contributed by atoms with Crippen molar-refractivity contribution < 1.29 is 5.11 Å². The molecule has 0 aromatic heterocycles. The van der Waals surface area contributed by atoms with E-state index in [9.17, 15) is 0 Å². The van der Waals surface area contributed by atoms with Gasteiger partial charge in [-0.05, 0) is 18.8 Å². The predicted octanol–water partition coefficient (Wildman–Crippen LogP) is 5.71. The molecule has 1 nitrogen and oxygen atoms in total. The molecule has 0 fully saturated rings. The van der Waals surface area contributed by atoms with Crippen LogP contribution in [0.15, 0.2) is 0 Å². The van der Waals surface area contributed by atoms with E-state index in [1.807, 2.05) is 0 Å². The average molecular weight is 256 g/mol. The Balaban J connectivity index is 3.02. The van der Waals surface area contributed by atoms with E-state index in [2.05, 4.69) is 13.8 Å². The van der Waals surface area contributed by atoms with E-state index in [0.717, 1.165) is 12.3 Å². The van der Waals surface area contributed by atoms with Crippen molar-refractivity contribution in [2.75, 3.05) is 6.61 Å². The van der Waals surface area contributed by atoms with E-state index in [1.165, 1.54) is 77.0 Å². The molecule has 18 heavy (non-hydrogen) atoms. The molecule has 0 heterocycles. The summed E-state index contributed by atoms with van der Waals surface area (Å²) in [6.07, 6.45) is 17.8. The molecule has 0 amide bonds. The summed E-state index contributed by atoms with van der Waals surface area (Å²) < 4.78 is 0. The molecule has 0 bridgehead atoms. The van der Waals surface area contributed by atoms with Crippen molar-refractivity contribution >= 4 is 0 Å². The second-order valence-corrected chi connectivity index (χ2v) is 5.94. The third-order valence-electron chi connectivity index (χ3n) is 3.91. The monoisotopic (exact) mass is 256 g/mol. The van der Waals surface area contributed by atoms with Crippen molar-refractivity contribution in [1.29, 1.82) is 0 Å². The first kappa shape index (κ1) is 18.0. The maximum absolute atomic E-state index is 8.76. The first-order chi connectivity index (χ1) is 8.81. The molecule has 0 saturated carbocycles. The Morgan fingerprint density at radius 2 is 1.11 bits per heavy atom. The van der Waals surface area contributed by atoms with Crippen LogP contribution in [0.5, 0.6) is 0 Å². The Kier molecular flexibility index (Phi) is 15.0. The second-order valence-electron chi connectivity index (χ2n) is 5.94. The summed E-state index contributed by atoms with van der Waals surface area (Å²) in [5.41, 5.74) is 0. The number of rotatable bonds is 14. The summed E-state index contributed by atoms with van der Waals surface area (Å²) in [7, 11) is 0. The van der Waals surface area contributed by atoms with Gasteiger partial charge in [-0.15, -0.1) is 0 Å². The Bertz CT molecular complexity index is 145. The van der Waals surface area contributed by atoms with Crippen LogP contribution in [-0.2, 0) is 0 Å². The maximum atomic E-state index is 8.76. The smallest absolute Gasteiger partial charge is 0.0431 e. The summed E-state index contributed by atoms with van der Waals surface area (Å²) in [5.74, 6) is 0.811. The molecule has 0 radical (unpaired) electrons. The lowest BCUT2D eigenvalue weighted by Gasteiger charge is -2.09. The van der Waals surface area contributed by atoms with Crippen molar-refractivity contribution in [2.45, 2.75) is 97.3 Å². The first-order valence-corrected chi connectivity index (χ1v) is 8.42. The zero-order valence-corrected chi connectivity index (χ0v) is 12.9. The summed E-state index contributed by atoms with van der Waals surface area (Å²) in [6.45, 7) is 4.97. The van der Waals surface area contributed by atoms with E-state index in [0.29, 0.717) is 6.61 Å². The average Bonchev–Trinajstić information content (AvgIpc) is 2.38. The minimum atomic E-state index is 0.363. The van der Waals surface area contributed by atoms with Crippen LogP contribution < -0.4 is 0 Å². The number of hydrogen-bond donors (Lipinski definition) is 1. The van der Waals surface area contributed by atoms with Crippen LogP contribution in [0.2, 0.25) is 0 Å². The Labute approximate surface area is 115 Å². The lowest BCUT2D eigenvalue weighted by Crippen LogP contribution is -1.96. The SMILES string of the molecule is CCCCCCCCCCCC[C@@H](C)CCCO. The fraction of sp³-hybridized carbons (Fsp3) is 1.00. The van der Waals surface area contributed by atoms with Gasteiger partial charge in [0.25, 0.3) is 0 Å². The minimum absolute atomic E-state index is 0.363. The molecule has 110 valence electrons. The molecule has 0 aromatic carbocycles. The molecule has 0 aromatic rings. The Morgan fingerprint density at radius 3 is 1.61 bits per heavy atom. The van der Waals surface area contributed by atoms with Gasteiger partial charge in [-0.3, -0.25) is 0 Å². The van der Waals surface area contributed by atoms with Crippen molar-refractivity contribution in [1.82, 2.24) is 0 Å². The lowest BCUT2D eigenvalue weighted by atomic mass is 9.97. The van der Waals surface area contributed by atoms with Gasteiger partial charge in [0.05, 0.1) is 0 Å². The number of aliphatic hydroxyl groups excluding tert-OH is 1. The maximum Gasteiger partial charge on any atom is 0.0431 e. The van der Waals surface area contributed by atoms with Crippen LogP contribution in [-0.4, -0.2) is 11.7 Å². The fourth-order valence-corrected chi connectivity index (χ4v) is 2.56. The second kappa shape index (κ2) is 15.0. The lowest BCUT2D eigenvalue weighted by molar-refractivity contribution is 0.270. The summed E-state index contributed by atoms with van der Waals surface area (Å²) in [4.78, 5) is 0. The van der Waals surface area contributed by atoms with Gasteiger partial charge in [0, 0.05) is 6.61 Å². The van der Waals surface area contributed by atoms with E-state index in [1.54, 1.807) is 0 Å². The topological polar surface area (TPSA) is 20.2 Å². The highest BCUT2D eigenvalue weighted by Crippen LogP contribution is 2.16. The van der Waals surface area contributed by atoms with Gasteiger partial charge >= 0.3 is 0 Å². The van der Waals surface area contributed by atoms with Crippen LogP contribution in [0.25, 0.3) is 0 Å². The van der Waals surface area contributed by atoms with E-state index < -0.39 is 0 Å². The molecule has 1 heteroatoms. The van der Waals surface area contributed by atoms with Crippen molar-refractivity contribution in [3.8, 4) is 0 Å². The van der Waals surface area contributed by atoms with E-state index in [4.69, 9.17) is 5.11 Å². The Hall–Kier alpha value is -0.0400. The highest BCUT2D eigenvalue weighted by molar-refractivity contribution is 4.54. The van der Waals surface area contributed by atoms with Crippen LogP contribution in [0.3, 0.4) is 0 Å². The van der Waals surface area contributed by atoms with Gasteiger partial charge in [0.2, 0.25) is 0 Å². The van der Waals surface area contributed by atoms with Crippen molar-refractivity contribution in [3.05, 3.63) is 0 Å². The molecule has 0 rings (SSSR count). The van der Waals surface area contributed by atoms with Crippen molar-refractivity contribution in [3.63, 3.8) is 0 Å². The van der Waals surface area contributed by atoms with E-state index in [-0.39, 0.29) is 0 Å². The van der Waals surface area contributed by atoms with Crippen LogP contribution >= 0.6 is 0 Å². The quantitative estimate of drug-likeness (QED) is 0.395. The molecule has 1 N–H and O–H groups in total. The zero-order chi connectivity index (χ0) is 13.5. The third kappa shape index (κ3) is 14.0. The molecule has 0 aliphatic carbocycles. The summed E-state index contributed by atoms with van der Waals surface area (Å²) in [6, 6.07) is 0. The highest BCUT2D eigenvalue weighted by Gasteiger charge is 2.01. The molecule has 0 saturated heterocycles. The van der Waals surface area contributed by atoms with Gasteiger partial charge in [0.15, 0.2) is 0 Å². The minimum Gasteiger partial charge on any atom is -0.396 e. The molecule has 0 spiro atoms. The van der Waals surface area contributed by atoms with Crippen molar-refractivity contribution in [2.24, 2.45) is 5.92 Å². The highest BCUT2D eigenvalue weighted by atomic mass is 16.2. The van der Waals surface area contributed by atoms with Gasteiger partial charge in [-0.25, -0.2) is 0 Å².